The van der Waals surface area contributed by atoms with Gasteiger partial charge in [0.15, 0.2) is 0 Å². The van der Waals surface area contributed by atoms with Gasteiger partial charge in [0.1, 0.15) is 5.75 Å². The lowest BCUT2D eigenvalue weighted by Gasteiger charge is -2.35. The third kappa shape index (κ3) is 2.59. The summed E-state index contributed by atoms with van der Waals surface area (Å²) in [5.41, 5.74) is 7.19. The molecule has 1 saturated heterocycles. The molecule has 2 N–H and O–H groups in total. The van der Waals surface area contributed by atoms with Crippen molar-refractivity contribution in [1.82, 2.24) is 4.90 Å². The zero-order chi connectivity index (χ0) is 13.2. The van der Waals surface area contributed by atoms with Crippen LogP contribution in [-0.4, -0.2) is 36.5 Å². The number of carbonyl (C=O) groups is 1. The number of piperidine rings is 1. The molecule has 19 heavy (non-hydrogen) atoms. The van der Waals surface area contributed by atoms with Crippen molar-refractivity contribution in [2.45, 2.75) is 31.2 Å². The van der Waals surface area contributed by atoms with Crippen LogP contribution in [-0.2, 0) is 4.79 Å². The maximum absolute atomic E-state index is 12.0. The van der Waals surface area contributed by atoms with Crippen LogP contribution >= 0.6 is 0 Å². The van der Waals surface area contributed by atoms with Gasteiger partial charge in [0.25, 0.3) is 0 Å². The third-order valence-electron chi connectivity index (χ3n) is 4.06. The second kappa shape index (κ2) is 5.21. The van der Waals surface area contributed by atoms with E-state index in [0.29, 0.717) is 18.9 Å². The number of fused-ring (bicyclic) bond motifs is 1. The van der Waals surface area contributed by atoms with Crippen LogP contribution in [0.5, 0.6) is 5.75 Å². The van der Waals surface area contributed by atoms with Crippen LogP contribution in [0.15, 0.2) is 24.3 Å². The van der Waals surface area contributed by atoms with Crippen LogP contribution in [0.3, 0.4) is 0 Å². The van der Waals surface area contributed by atoms with Crippen LogP contribution in [0.4, 0.5) is 0 Å². The Morgan fingerprint density at radius 3 is 3.05 bits per heavy atom. The number of hydrogen-bond acceptors (Lipinski definition) is 3. The molecule has 2 heterocycles. The van der Waals surface area contributed by atoms with Gasteiger partial charge in [-0.15, -0.1) is 0 Å². The molecule has 2 aliphatic rings. The molecule has 0 aromatic heterocycles. The number of nitrogens with two attached hydrogens (primary N) is 1. The van der Waals surface area contributed by atoms with E-state index in [-0.39, 0.29) is 11.9 Å². The average molecular weight is 260 g/mol. The average Bonchev–Trinajstić information content (AvgIpc) is 2.43. The van der Waals surface area contributed by atoms with E-state index in [1.165, 1.54) is 5.56 Å². The molecule has 4 heteroatoms. The zero-order valence-corrected chi connectivity index (χ0v) is 11.0. The van der Waals surface area contributed by atoms with Gasteiger partial charge in [-0.2, -0.15) is 0 Å². The minimum absolute atomic E-state index is 0.132. The fourth-order valence-corrected chi connectivity index (χ4v) is 2.99. The highest BCUT2D eigenvalue weighted by Crippen LogP contribution is 2.34. The van der Waals surface area contributed by atoms with Crippen LogP contribution in [0.1, 0.15) is 30.7 Å². The molecule has 2 unspecified atom stereocenters. The first-order valence-corrected chi connectivity index (χ1v) is 6.99. The van der Waals surface area contributed by atoms with Crippen LogP contribution in [0.2, 0.25) is 0 Å². The molecule has 1 fully saturated rings. The molecular weight excluding hydrogens is 240 g/mol. The maximum atomic E-state index is 12.0. The van der Waals surface area contributed by atoms with Crippen molar-refractivity contribution >= 4 is 5.91 Å². The van der Waals surface area contributed by atoms with E-state index in [1.54, 1.807) is 0 Å². The minimum Gasteiger partial charge on any atom is -0.493 e. The lowest BCUT2D eigenvalue weighted by molar-refractivity contribution is -0.134. The van der Waals surface area contributed by atoms with Crippen molar-refractivity contribution in [1.29, 1.82) is 0 Å². The summed E-state index contributed by atoms with van der Waals surface area (Å²) in [6.45, 7) is 2.20. The van der Waals surface area contributed by atoms with E-state index in [0.717, 1.165) is 31.7 Å². The molecule has 1 amide bonds. The lowest BCUT2D eigenvalue weighted by Crippen LogP contribution is -2.47. The normalized spacial score (nSPS) is 26.8. The van der Waals surface area contributed by atoms with Gasteiger partial charge in [0.05, 0.1) is 6.61 Å². The number of benzene rings is 1. The summed E-state index contributed by atoms with van der Waals surface area (Å²) >= 11 is 0. The quantitative estimate of drug-likeness (QED) is 0.876. The molecule has 0 radical (unpaired) electrons. The Morgan fingerprint density at radius 1 is 1.32 bits per heavy atom. The number of ether oxygens (including phenoxy) is 1. The molecular formula is C15H20N2O2. The second-order valence-corrected chi connectivity index (χ2v) is 5.47. The molecule has 0 spiro atoms. The Bertz CT molecular complexity index is 475. The van der Waals surface area contributed by atoms with E-state index in [1.807, 2.05) is 23.1 Å². The molecule has 0 saturated carbocycles. The fraction of sp³-hybridized carbons (Fsp3) is 0.533. The standard InChI is InChI=1S/C15H20N2O2/c16-12-5-6-15(18)17(10-12)9-11-7-8-19-14-4-2-1-3-13(11)14/h1-4,11-12H,5-10,16H2. The largest absolute Gasteiger partial charge is 0.493 e. The minimum atomic E-state index is 0.132. The van der Waals surface area contributed by atoms with Crippen molar-refractivity contribution < 1.29 is 9.53 Å². The topological polar surface area (TPSA) is 55.6 Å². The first-order valence-electron chi connectivity index (χ1n) is 6.99. The lowest BCUT2D eigenvalue weighted by atomic mass is 9.91. The second-order valence-electron chi connectivity index (χ2n) is 5.47. The van der Waals surface area contributed by atoms with Crippen LogP contribution < -0.4 is 10.5 Å². The van der Waals surface area contributed by atoms with Gasteiger partial charge in [-0.1, -0.05) is 18.2 Å². The number of rotatable bonds is 2. The number of hydrogen-bond donors (Lipinski definition) is 1. The van der Waals surface area contributed by atoms with E-state index in [2.05, 4.69) is 6.07 Å². The zero-order valence-electron chi connectivity index (χ0n) is 11.0. The summed E-state index contributed by atoms with van der Waals surface area (Å²) in [6, 6.07) is 8.26. The fourth-order valence-electron chi connectivity index (χ4n) is 2.99. The summed E-state index contributed by atoms with van der Waals surface area (Å²) < 4.78 is 5.66. The highest BCUT2D eigenvalue weighted by atomic mass is 16.5. The van der Waals surface area contributed by atoms with Crippen molar-refractivity contribution in [3.05, 3.63) is 29.8 Å². The molecule has 2 atom stereocenters. The third-order valence-corrected chi connectivity index (χ3v) is 4.06. The van der Waals surface area contributed by atoms with Crippen molar-refractivity contribution in [2.24, 2.45) is 5.73 Å². The van der Waals surface area contributed by atoms with E-state index < -0.39 is 0 Å². The van der Waals surface area contributed by atoms with Gasteiger partial charge in [-0.05, 0) is 24.5 Å². The van der Waals surface area contributed by atoms with Crippen LogP contribution in [0, 0.1) is 0 Å². The smallest absolute Gasteiger partial charge is 0.222 e. The molecule has 1 aromatic carbocycles. The Hall–Kier alpha value is -1.55. The predicted molar refractivity (Wildman–Crippen MR) is 73.1 cm³/mol. The van der Waals surface area contributed by atoms with Crippen molar-refractivity contribution in [2.75, 3.05) is 19.7 Å². The first kappa shape index (κ1) is 12.5. The van der Waals surface area contributed by atoms with E-state index >= 15 is 0 Å². The number of amides is 1. The predicted octanol–water partition coefficient (Wildman–Crippen LogP) is 1.50. The highest BCUT2D eigenvalue weighted by Gasteiger charge is 2.28. The van der Waals surface area contributed by atoms with Gasteiger partial charge in [-0.3, -0.25) is 4.79 Å². The molecule has 4 nitrogen and oxygen atoms in total. The summed E-state index contributed by atoms with van der Waals surface area (Å²) in [7, 11) is 0. The highest BCUT2D eigenvalue weighted by molar-refractivity contribution is 5.77. The van der Waals surface area contributed by atoms with Gasteiger partial charge in [-0.25, -0.2) is 0 Å². The Balaban J connectivity index is 1.75. The van der Waals surface area contributed by atoms with Gasteiger partial charge in [0, 0.05) is 31.5 Å². The molecule has 2 aliphatic heterocycles. The summed E-state index contributed by atoms with van der Waals surface area (Å²) in [5.74, 6) is 1.58. The molecule has 0 aliphatic carbocycles. The molecule has 1 aromatic rings. The van der Waals surface area contributed by atoms with Gasteiger partial charge < -0.3 is 15.4 Å². The number of para-hydroxylation sites is 1. The maximum Gasteiger partial charge on any atom is 0.222 e. The van der Waals surface area contributed by atoms with E-state index in [9.17, 15) is 4.79 Å². The van der Waals surface area contributed by atoms with E-state index in [4.69, 9.17) is 10.5 Å². The molecule has 3 rings (SSSR count). The SMILES string of the molecule is NC1CCC(=O)N(CC2CCOc3ccccc32)C1. The molecule has 102 valence electrons. The van der Waals surface area contributed by atoms with Crippen molar-refractivity contribution in [3.63, 3.8) is 0 Å². The summed E-state index contributed by atoms with van der Waals surface area (Å²) in [4.78, 5) is 13.9. The number of carbonyl (C=O) groups excluding carboxylic acids is 1. The Labute approximate surface area is 113 Å². The first-order chi connectivity index (χ1) is 9.24. The summed E-state index contributed by atoms with van der Waals surface area (Å²) in [5, 5.41) is 0. The summed E-state index contributed by atoms with van der Waals surface area (Å²) in [6.07, 6.45) is 2.38. The van der Waals surface area contributed by atoms with Crippen molar-refractivity contribution in [3.8, 4) is 5.75 Å². The number of nitrogens with zero attached hydrogens (tertiary/aromatic N) is 1. The molecule has 0 bridgehead atoms. The van der Waals surface area contributed by atoms with Crippen LogP contribution in [0.25, 0.3) is 0 Å². The Morgan fingerprint density at radius 2 is 2.16 bits per heavy atom. The monoisotopic (exact) mass is 260 g/mol. The Kier molecular flexibility index (Phi) is 3.42. The van der Waals surface area contributed by atoms with Gasteiger partial charge in [0.2, 0.25) is 5.91 Å². The van der Waals surface area contributed by atoms with Gasteiger partial charge >= 0.3 is 0 Å². The number of likely N-dealkylation sites (tertiary alicyclic amines) is 1.